The van der Waals surface area contributed by atoms with Crippen LogP contribution in [0.5, 0.6) is 0 Å². The first-order valence-electron chi connectivity index (χ1n) is 7.33. The zero-order chi connectivity index (χ0) is 18.0. The van der Waals surface area contributed by atoms with E-state index in [1.165, 1.54) is 19.2 Å². The maximum absolute atomic E-state index is 12.4. The molecule has 1 amide bonds. The minimum atomic E-state index is -0.609. The number of rotatable bonds is 4. The van der Waals surface area contributed by atoms with Crippen LogP contribution in [0.15, 0.2) is 34.7 Å². The highest BCUT2D eigenvalue weighted by atomic mass is 16.5. The molecule has 0 atom stereocenters. The molecule has 0 bridgehead atoms. The third-order valence-electron chi connectivity index (χ3n) is 3.44. The number of methoxy groups -OCH3 is 1. The van der Waals surface area contributed by atoms with Gasteiger partial charge in [0, 0.05) is 7.05 Å². The average Bonchev–Trinajstić information content (AvgIpc) is 3.19. The summed E-state index contributed by atoms with van der Waals surface area (Å²) in [6.07, 6.45) is 0. The summed E-state index contributed by atoms with van der Waals surface area (Å²) in [6, 6.07) is 7.98. The van der Waals surface area contributed by atoms with Crippen molar-refractivity contribution in [1.82, 2.24) is 20.0 Å². The Balaban J connectivity index is 1.83. The van der Waals surface area contributed by atoms with Gasteiger partial charge in [0.05, 0.1) is 23.9 Å². The summed E-state index contributed by atoms with van der Waals surface area (Å²) in [6.45, 7) is 1.84. The Hall–Kier alpha value is -3.49. The second-order valence-corrected chi connectivity index (χ2v) is 5.20. The number of aryl methyl sites for hydroxylation is 2. The van der Waals surface area contributed by atoms with E-state index in [4.69, 9.17) is 4.42 Å². The maximum atomic E-state index is 12.4. The molecule has 9 heteroatoms. The molecule has 3 aromatic rings. The minimum Gasteiger partial charge on any atom is -0.465 e. The number of ether oxygens (including phenoxy) is 1. The minimum absolute atomic E-state index is 0.0847. The predicted molar refractivity (Wildman–Crippen MR) is 87.0 cm³/mol. The molecule has 0 aliphatic heterocycles. The van der Waals surface area contributed by atoms with Crippen molar-refractivity contribution < 1.29 is 18.7 Å². The Labute approximate surface area is 142 Å². The van der Waals surface area contributed by atoms with Crippen LogP contribution in [0.2, 0.25) is 0 Å². The van der Waals surface area contributed by atoms with Crippen molar-refractivity contribution in [3.8, 4) is 11.6 Å². The molecule has 0 radical (unpaired) electrons. The number of nitrogens with zero attached hydrogens (tertiary/aromatic N) is 4. The number of carbonyl (C=O) groups excluding carboxylic acids is 2. The standard InChI is InChI=1S/C16H15N5O4/c1-9-8-12(21(2)20-9)14-18-19-16(25-14)17-13(22)10-6-4-5-7-11(10)15(23)24-3/h4-8H,1-3H3,(H,17,19,22). The lowest BCUT2D eigenvalue weighted by Gasteiger charge is -2.06. The largest absolute Gasteiger partial charge is 0.465 e. The van der Waals surface area contributed by atoms with Gasteiger partial charge in [0.15, 0.2) is 0 Å². The molecule has 2 aromatic heterocycles. The van der Waals surface area contributed by atoms with Crippen LogP contribution >= 0.6 is 0 Å². The molecule has 9 nitrogen and oxygen atoms in total. The van der Waals surface area contributed by atoms with Gasteiger partial charge in [-0.1, -0.05) is 17.2 Å². The first kappa shape index (κ1) is 16.4. The summed E-state index contributed by atoms with van der Waals surface area (Å²) in [5.74, 6) is -0.945. The first-order valence-corrected chi connectivity index (χ1v) is 7.33. The van der Waals surface area contributed by atoms with Crippen molar-refractivity contribution in [3.05, 3.63) is 47.2 Å². The van der Waals surface area contributed by atoms with E-state index in [-0.39, 0.29) is 23.0 Å². The molecule has 1 N–H and O–H groups in total. The van der Waals surface area contributed by atoms with Crippen molar-refractivity contribution in [2.24, 2.45) is 7.05 Å². The Morgan fingerprint density at radius 3 is 2.56 bits per heavy atom. The van der Waals surface area contributed by atoms with E-state index in [9.17, 15) is 9.59 Å². The number of hydrogen-bond donors (Lipinski definition) is 1. The number of esters is 1. The highest BCUT2D eigenvalue weighted by Crippen LogP contribution is 2.21. The van der Waals surface area contributed by atoms with Crippen LogP contribution in [-0.2, 0) is 11.8 Å². The van der Waals surface area contributed by atoms with Crippen LogP contribution in [0.25, 0.3) is 11.6 Å². The van der Waals surface area contributed by atoms with Crippen LogP contribution in [0.1, 0.15) is 26.4 Å². The lowest BCUT2D eigenvalue weighted by molar-refractivity contribution is 0.0597. The van der Waals surface area contributed by atoms with Crippen molar-refractivity contribution in [2.45, 2.75) is 6.92 Å². The van der Waals surface area contributed by atoms with Crippen molar-refractivity contribution in [3.63, 3.8) is 0 Å². The van der Waals surface area contributed by atoms with E-state index in [2.05, 4.69) is 25.3 Å². The molecule has 0 saturated heterocycles. The second-order valence-electron chi connectivity index (χ2n) is 5.20. The molecule has 25 heavy (non-hydrogen) atoms. The highest BCUT2D eigenvalue weighted by molar-refractivity contribution is 6.10. The number of nitrogens with one attached hydrogen (secondary N) is 1. The van der Waals surface area contributed by atoms with Gasteiger partial charge in [-0.3, -0.25) is 14.8 Å². The van der Waals surface area contributed by atoms with Crippen LogP contribution in [0.4, 0.5) is 6.01 Å². The quantitative estimate of drug-likeness (QED) is 0.720. The molecule has 0 aliphatic carbocycles. The molecule has 0 aliphatic rings. The van der Waals surface area contributed by atoms with Gasteiger partial charge in [-0.25, -0.2) is 4.79 Å². The summed E-state index contributed by atoms with van der Waals surface area (Å²) in [7, 11) is 2.99. The zero-order valence-electron chi connectivity index (χ0n) is 13.8. The number of benzene rings is 1. The van der Waals surface area contributed by atoms with Gasteiger partial charge in [0.1, 0.15) is 5.69 Å². The number of hydrogen-bond acceptors (Lipinski definition) is 7. The fraction of sp³-hybridized carbons (Fsp3) is 0.188. The molecule has 3 rings (SSSR count). The van der Waals surface area contributed by atoms with Gasteiger partial charge in [-0.2, -0.15) is 5.10 Å². The van der Waals surface area contributed by atoms with Gasteiger partial charge < -0.3 is 9.15 Å². The fourth-order valence-electron chi connectivity index (χ4n) is 2.32. The summed E-state index contributed by atoms with van der Waals surface area (Å²) < 4.78 is 11.7. The SMILES string of the molecule is COC(=O)c1ccccc1C(=O)Nc1nnc(-c2cc(C)nn2C)o1. The number of carbonyl (C=O) groups is 2. The van der Waals surface area contributed by atoms with Gasteiger partial charge in [0.2, 0.25) is 0 Å². The summed E-state index contributed by atoms with van der Waals surface area (Å²) in [5.41, 5.74) is 1.71. The molecular weight excluding hydrogens is 326 g/mol. The van der Waals surface area contributed by atoms with Gasteiger partial charge in [0.25, 0.3) is 11.8 Å². The van der Waals surface area contributed by atoms with Crippen LogP contribution in [0.3, 0.4) is 0 Å². The van der Waals surface area contributed by atoms with Crippen LogP contribution in [0, 0.1) is 6.92 Å². The molecule has 0 unspecified atom stereocenters. The Morgan fingerprint density at radius 1 is 1.20 bits per heavy atom. The third kappa shape index (κ3) is 3.25. The first-order chi connectivity index (χ1) is 12.0. The highest BCUT2D eigenvalue weighted by Gasteiger charge is 2.20. The molecule has 0 spiro atoms. The number of aromatic nitrogens is 4. The Bertz CT molecular complexity index is 944. The van der Waals surface area contributed by atoms with Gasteiger partial charge in [-0.15, -0.1) is 5.10 Å². The van der Waals surface area contributed by atoms with E-state index in [1.807, 2.05) is 6.92 Å². The third-order valence-corrected chi connectivity index (χ3v) is 3.44. The molecule has 1 aromatic carbocycles. The van der Waals surface area contributed by atoms with Crippen molar-refractivity contribution in [1.29, 1.82) is 0 Å². The van der Waals surface area contributed by atoms with Crippen molar-refractivity contribution in [2.75, 3.05) is 12.4 Å². The molecule has 0 saturated carbocycles. The molecule has 128 valence electrons. The molecule has 0 fully saturated rings. The Morgan fingerprint density at radius 2 is 1.92 bits per heavy atom. The second kappa shape index (κ2) is 6.56. The van der Waals surface area contributed by atoms with Gasteiger partial charge in [-0.05, 0) is 25.1 Å². The monoisotopic (exact) mass is 341 g/mol. The molecule has 2 heterocycles. The van der Waals surface area contributed by atoms with E-state index < -0.39 is 11.9 Å². The van der Waals surface area contributed by atoms with Crippen molar-refractivity contribution >= 4 is 17.9 Å². The van der Waals surface area contributed by atoms with E-state index in [1.54, 1.807) is 29.9 Å². The lowest BCUT2D eigenvalue weighted by atomic mass is 10.1. The average molecular weight is 341 g/mol. The normalized spacial score (nSPS) is 10.5. The van der Waals surface area contributed by atoms with E-state index >= 15 is 0 Å². The lowest BCUT2D eigenvalue weighted by Crippen LogP contribution is -2.17. The smallest absolute Gasteiger partial charge is 0.338 e. The maximum Gasteiger partial charge on any atom is 0.338 e. The van der Waals surface area contributed by atoms with E-state index in [0.29, 0.717) is 5.69 Å². The van der Waals surface area contributed by atoms with Crippen LogP contribution < -0.4 is 5.32 Å². The summed E-state index contributed by atoms with van der Waals surface area (Å²) >= 11 is 0. The van der Waals surface area contributed by atoms with Gasteiger partial charge >= 0.3 is 12.0 Å². The fourth-order valence-corrected chi connectivity index (χ4v) is 2.32. The zero-order valence-corrected chi connectivity index (χ0v) is 13.8. The summed E-state index contributed by atoms with van der Waals surface area (Å²) in [5, 5.41) is 14.4. The summed E-state index contributed by atoms with van der Waals surface area (Å²) in [4.78, 5) is 24.2. The number of anilines is 1. The number of amides is 1. The Kier molecular flexibility index (Phi) is 4.29. The van der Waals surface area contributed by atoms with Crippen LogP contribution in [-0.4, -0.2) is 39.0 Å². The molecular formula is C16H15N5O4. The van der Waals surface area contributed by atoms with E-state index in [0.717, 1.165) is 5.69 Å². The predicted octanol–water partition coefficient (Wildman–Crippen LogP) is 1.82. The topological polar surface area (TPSA) is 112 Å².